The molecule has 4 rings (SSSR count). The maximum atomic E-state index is 12.5. The van der Waals surface area contributed by atoms with Crippen molar-refractivity contribution in [3.63, 3.8) is 0 Å². The van der Waals surface area contributed by atoms with Gasteiger partial charge in [0.05, 0.1) is 11.4 Å². The van der Waals surface area contributed by atoms with Gasteiger partial charge in [-0.2, -0.15) is 0 Å². The SMILES string of the molecule is Cc1ccc(OC(C)c2nnc(SCC(=O)Nc3nc(-c4ccc(C)c(C)c4)cs3)n2C)cc1. The van der Waals surface area contributed by atoms with Gasteiger partial charge in [0.15, 0.2) is 22.2 Å². The predicted octanol–water partition coefficient (Wildman–Crippen LogP) is 5.73. The second kappa shape index (κ2) is 10.4. The largest absolute Gasteiger partial charge is 0.483 e. The van der Waals surface area contributed by atoms with Gasteiger partial charge in [0, 0.05) is 18.0 Å². The zero-order valence-electron chi connectivity index (χ0n) is 19.8. The summed E-state index contributed by atoms with van der Waals surface area (Å²) >= 11 is 2.74. The molecule has 2 aromatic carbocycles. The number of hydrogen-bond donors (Lipinski definition) is 1. The predicted molar refractivity (Wildman–Crippen MR) is 138 cm³/mol. The summed E-state index contributed by atoms with van der Waals surface area (Å²) in [5.74, 6) is 1.54. The highest BCUT2D eigenvalue weighted by atomic mass is 32.2. The van der Waals surface area contributed by atoms with Gasteiger partial charge in [-0.3, -0.25) is 4.79 Å². The van der Waals surface area contributed by atoms with Crippen LogP contribution in [-0.4, -0.2) is 31.4 Å². The molecule has 1 amide bonds. The Morgan fingerprint density at radius 3 is 2.62 bits per heavy atom. The number of nitrogens with zero attached hydrogens (tertiary/aromatic N) is 4. The summed E-state index contributed by atoms with van der Waals surface area (Å²) in [5, 5.41) is 14.6. The molecule has 0 radical (unpaired) electrons. The van der Waals surface area contributed by atoms with Crippen molar-refractivity contribution in [1.29, 1.82) is 0 Å². The van der Waals surface area contributed by atoms with Gasteiger partial charge in [0.2, 0.25) is 5.91 Å². The van der Waals surface area contributed by atoms with Crippen molar-refractivity contribution >= 4 is 34.1 Å². The number of thiazole rings is 1. The monoisotopic (exact) mass is 493 g/mol. The molecule has 0 aliphatic heterocycles. The molecule has 9 heteroatoms. The first-order valence-corrected chi connectivity index (χ1v) is 12.7. The number of ether oxygens (including phenoxy) is 1. The number of amides is 1. The van der Waals surface area contributed by atoms with Gasteiger partial charge in [-0.25, -0.2) is 4.98 Å². The lowest BCUT2D eigenvalue weighted by molar-refractivity contribution is -0.113. The summed E-state index contributed by atoms with van der Waals surface area (Å²) in [6, 6.07) is 14.1. The van der Waals surface area contributed by atoms with Crippen LogP contribution in [0.5, 0.6) is 5.75 Å². The Morgan fingerprint density at radius 2 is 1.88 bits per heavy atom. The molecule has 0 aliphatic carbocycles. The molecule has 0 fully saturated rings. The number of hydrogen-bond acceptors (Lipinski definition) is 7. The highest BCUT2D eigenvalue weighted by molar-refractivity contribution is 7.99. The van der Waals surface area contributed by atoms with Crippen LogP contribution in [0, 0.1) is 20.8 Å². The van der Waals surface area contributed by atoms with Gasteiger partial charge < -0.3 is 14.6 Å². The fourth-order valence-corrected chi connectivity index (χ4v) is 4.78. The van der Waals surface area contributed by atoms with Crippen molar-refractivity contribution in [1.82, 2.24) is 19.7 Å². The third kappa shape index (κ3) is 5.66. The summed E-state index contributed by atoms with van der Waals surface area (Å²) in [4.78, 5) is 17.1. The summed E-state index contributed by atoms with van der Waals surface area (Å²) in [5.41, 5.74) is 5.54. The Morgan fingerprint density at radius 1 is 1.12 bits per heavy atom. The van der Waals surface area contributed by atoms with Crippen molar-refractivity contribution in [2.75, 3.05) is 11.1 Å². The van der Waals surface area contributed by atoms with Gasteiger partial charge >= 0.3 is 0 Å². The zero-order valence-corrected chi connectivity index (χ0v) is 21.5. The van der Waals surface area contributed by atoms with Crippen LogP contribution in [0.25, 0.3) is 11.3 Å². The number of anilines is 1. The Kier molecular flexibility index (Phi) is 7.33. The van der Waals surface area contributed by atoms with Crippen LogP contribution in [0.4, 0.5) is 5.13 Å². The summed E-state index contributed by atoms with van der Waals surface area (Å²) in [6.07, 6.45) is -0.275. The van der Waals surface area contributed by atoms with E-state index in [1.165, 1.54) is 39.8 Å². The molecule has 0 bridgehead atoms. The van der Waals surface area contributed by atoms with Gasteiger partial charge in [-0.1, -0.05) is 41.6 Å². The molecule has 1 unspecified atom stereocenters. The van der Waals surface area contributed by atoms with Crippen LogP contribution in [0.3, 0.4) is 0 Å². The van der Waals surface area contributed by atoms with E-state index in [4.69, 9.17) is 4.74 Å². The molecular formula is C25H27N5O2S2. The normalized spacial score (nSPS) is 11.9. The van der Waals surface area contributed by atoms with E-state index in [1.807, 2.05) is 61.2 Å². The molecule has 7 nitrogen and oxygen atoms in total. The number of aryl methyl sites for hydroxylation is 3. The highest BCUT2D eigenvalue weighted by Gasteiger charge is 2.18. The quantitative estimate of drug-likeness (QED) is 0.316. The first kappa shape index (κ1) is 24.0. The Bertz CT molecular complexity index is 1300. The lowest BCUT2D eigenvalue weighted by Crippen LogP contribution is -2.14. The molecular weight excluding hydrogens is 466 g/mol. The number of rotatable bonds is 8. The van der Waals surface area contributed by atoms with E-state index in [2.05, 4.69) is 46.5 Å². The molecule has 0 saturated heterocycles. The van der Waals surface area contributed by atoms with E-state index in [0.717, 1.165) is 17.0 Å². The lowest BCUT2D eigenvalue weighted by atomic mass is 10.1. The minimum absolute atomic E-state index is 0.139. The summed E-state index contributed by atoms with van der Waals surface area (Å²) in [7, 11) is 1.88. The molecule has 0 spiro atoms. The molecule has 1 atom stereocenters. The fraction of sp³-hybridized carbons (Fsp3) is 0.280. The Balaban J connectivity index is 1.33. The van der Waals surface area contributed by atoms with Crippen molar-refractivity contribution in [2.45, 2.75) is 39.0 Å². The van der Waals surface area contributed by atoms with Crippen molar-refractivity contribution in [2.24, 2.45) is 7.05 Å². The molecule has 2 aromatic heterocycles. The second-order valence-corrected chi connectivity index (χ2v) is 9.95. The molecule has 0 saturated carbocycles. The van der Waals surface area contributed by atoms with Crippen LogP contribution in [0.1, 0.15) is 35.5 Å². The van der Waals surface area contributed by atoms with E-state index in [-0.39, 0.29) is 17.8 Å². The summed E-state index contributed by atoms with van der Waals surface area (Å²) in [6.45, 7) is 8.13. The minimum Gasteiger partial charge on any atom is -0.483 e. The van der Waals surface area contributed by atoms with Crippen molar-refractivity contribution in [3.8, 4) is 17.0 Å². The van der Waals surface area contributed by atoms with Gasteiger partial charge in [-0.15, -0.1) is 21.5 Å². The number of aromatic nitrogens is 4. The summed E-state index contributed by atoms with van der Waals surface area (Å²) < 4.78 is 7.85. The van der Waals surface area contributed by atoms with Crippen LogP contribution in [-0.2, 0) is 11.8 Å². The maximum absolute atomic E-state index is 12.5. The minimum atomic E-state index is -0.275. The smallest absolute Gasteiger partial charge is 0.236 e. The Labute approximate surface area is 207 Å². The number of thioether (sulfide) groups is 1. The molecule has 4 aromatic rings. The van der Waals surface area contributed by atoms with E-state index in [1.54, 1.807) is 0 Å². The third-order valence-electron chi connectivity index (χ3n) is 5.45. The maximum Gasteiger partial charge on any atom is 0.236 e. The van der Waals surface area contributed by atoms with Crippen LogP contribution >= 0.6 is 23.1 Å². The number of nitrogens with one attached hydrogen (secondary N) is 1. The molecule has 0 aliphatic rings. The standard InChI is InChI=1S/C25H27N5O2S2/c1-15-6-10-20(11-7-15)32-18(4)23-28-29-25(30(23)5)34-14-22(31)27-24-26-21(13-33-24)19-9-8-16(2)17(3)12-19/h6-13,18H,14H2,1-5H3,(H,26,27,31). The first-order chi connectivity index (χ1) is 16.3. The zero-order chi connectivity index (χ0) is 24.2. The van der Waals surface area contributed by atoms with E-state index < -0.39 is 0 Å². The fourth-order valence-electron chi connectivity index (χ4n) is 3.33. The third-order valence-corrected chi connectivity index (χ3v) is 7.23. The van der Waals surface area contributed by atoms with E-state index in [9.17, 15) is 4.79 Å². The highest BCUT2D eigenvalue weighted by Crippen LogP contribution is 2.27. The first-order valence-electron chi connectivity index (χ1n) is 10.9. The average Bonchev–Trinajstić information content (AvgIpc) is 3.42. The Hall–Kier alpha value is -3.17. The average molecular weight is 494 g/mol. The van der Waals surface area contributed by atoms with Gasteiger partial charge in [0.25, 0.3) is 0 Å². The molecule has 1 N–H and O–H groups in total. The molecule has 2 heterocycles. The van der Waals surface area contributed by atoms with Gasteiger partial charge in [0.1, 0.15) is 5.75 Å². The van der Waals surface area contributed by atoms with E-state index >= 15 is 0 Å². The van der Waals surface area contributed by atoms with Gasteiger partial charge in [-0.05, 0) is 57.0 Å². The lowest BCUT2D eigenvalue weighted by Gasteiger charge is -2.14. The van der Waals surface area contributed by atoms with Crippen molar-refractivity contribution in [3.05, 3.63) is 70.4 Å². The van der Waals surface area contributed by atoms with Crippen molar-refractivity contribution < 1.29 is 9.53 Å². The van der Waals surface area contributed by atoms with Crippen LogP contribution in [0.15, 0.2) is 53.0 Å². The van der Waals surface area contributed by atoms with Crippen LogP contribution < -0.4 is 10.1 Å². The molecule has 34 heavy (non-hydrogen) atoms. The van der Waals surface area contributed by atoms with E-state index in [0.29, 0.717) is 16.1 Å². The number of carbonyl (C=O) groups excluding carboxylic acids is 1. The molecule has 176 valence electrons. The number of carbonyl (C=O) groups is 1. The number of benzene rings is 2. The van der Waals surface area contributed by atoms with Crippen LogP contribution in [0.2, 0.25) is 0 Å². The topological polar surface area (TPSA) is 81.9 Å². The second-order valence-electron chi connectivity index (χ2n) is 8.15.